The van der Waals surface area contributed by atoms with Gasteiger partial charge in [-0.15, -0.1) is 0 Å². The molecule has 1 saturated heterocycles. The Bertz CT molecular complexity index is 935. The van der Waals surface area contributed by atoms with Gasteiger partial charge in [0.1, 0.15) is 6.04 Å². The number of anilines is 2. The van der Waals surface area contributed by atoms with Crippen LogP contribution in [0, 0.1) is 0 Å². The van der Waals surface area contributed by atoms with Crippen molar-refractivity contribution in [3.8, 4) is 0 Å². The molecule has 9 nitrogen and oxygen atoms in total. The van der Waals surface area contributed by atoms with Crippen molar-refractivity contribution in [3.05, 3.63) is 60.7 Å². The van der Waals surface area contributed by atoms with Crippen molar-refractivity contribution in [1.82, 2.24) is 9.96 Å². The van der Waals surface area contributed by atoms with Crippen LogP contribution < -0.4 is 10.2 Å². The van der Waals surface area contributed by atoms with Gasteiger partial charge in [0, 0.05) is 11.4 Å². The predicted molar refractivity (Wildman–Crippen MR) is 110 cm³/mol. The molecule has 2 atom stereocenters. The van der Waals surface area contributed by atoms with Gasteiger partial charge in [-0.25, -0.2) is 14.4 Å². The van der Waals surface area contributed by atoms with Crippen molar-refractivity contribution in [3.63, 3.8) is 0 Å². The van der Waals surface area contributed by atoms with Gasteiger partial charge in [0.25, 0.3) is 0 Å². The van der Waals surface area contributed by atoms with Gasteiger partial charge in [0.15, 0.2) is 6.17 Å². The van der Waals surface area contributed by atoms with Crippen LogP contribution in [0.1, 0.15) is 20.8 Å². The van der Waals surface area contributed by atoms with Gasteiger partial charge in [-0.1, -0.05) is 36.4 Å². The molecule has 0 spiro atoms. The fourth-order valence-corrected chi connectivity index (χ4v) is 3.74. The lowest BCUT2D eigenvalue weighted by atomic mass is 9.98. The molecule has 2 aromatic carbocycles. The third kappa shape index (κ3) is 3.67. The van der Waals surface area contributed by atoms with Crippen LogP contribution in [0.25, 0.3) is 0 Å². The van der Waals surface area contributed by atoms with Gasteiger partial charge in [-0.3, -0.25) is 10.1 Å². The maximum Gasteiger partial charge on any atom is 0.347 e. The van der Waals surface area contributed by atoms with Crippen LogP contribution in [0.15, 0.2) is 60.7 Å². The van der Waals surface area contributed by atoms with Crippen molar-refractivity contribution in [2.45, 2.75) is 38.5 Å². The normalized spacial score (nSPS) is 18.8. The Labute approximate surface area is 174 Å². The van der Waals surface area contributed by atoms with Crippen molar-refractivity contribution in [2.75, 3.05) is 10.2 Å². The van der Waals surface area contributed by atoms with E-state index in [-0.39, 0.29) is 0 Å². The zero-order chi connectivity index (χ0) is 22.1. The Morgan fingerprint density at radius 3 is 2.13 bits per heavy atom. The van der Waals surface area contributed by atoms with Gasteiger partial charge in [-0.05, 0) is 45.0 Å². The number of carboxylic acid groups (broad SMARTS) is 1. The van der Waals surface area contributed by atoms with E-state index in [9.17, 15) is 24.7 Å². The quantitative estimate of drug-likeness (QED) is 0.514. The Hall–Kier alpha value is -3.59. The number of urea groups is 2. The highest BCUT2D eigenvalue weighted by atomic mass is 16.5. The zero-order valence-corrected chi connectivity index (χ0v) is 16.9. The Balaban J connectivity index is 2.02. The smallest absolute Gasteiger partial charge is 0.347 e. The lowest BCUT2D eigenvalue weighted by Crippen LogP contribution is -2.59. The summed E-state index contributed by atoms with van der Waals surface area (Å²) in [5.74, 6) is -1.19. The van der Waals surface area contributed by atoms with Crippen molar-refractivity contribution < 1.29 is 24.7 Å². The van der Waals surface area contributed by atoms with Crippen molar-refractivity contribution >= 4 is 29.4 Å². The summed E-state index contributed by atoms with van der Waals surface area (Å²) in [6, 6.07) is 14.4. The van der Waals surface area contributed by atoms with Crippen LogP contribution in [0.3, 0.4) is 0 Å². The van der Waals surface area contributed by atoms with Crippen molar-refractivity contribution in [2.24, 2.45) is 0 Å². The van der Waals surface area contributed by atoms with Gasteiger partial charge in [0.05, 0.1) is 5.54 Å². The second-order valence-corrected chi connectivity index (χ2v) is 7.54. The first-order chi connectivity index (χ1) is 14.2. The largest absolute Gasteiger partial charge is 0.480 e. The third-order valence-corrected chi connectivity index (χ3v) is 5.15. The number of aliphatic carboxylic acids is 1. The number of nitrogens with one attached hydrogen (secondary N) is 1. The average molecular weight is 412 g/mol. The molecule has 0 bridgehead atoms. The fourth-order valence-electron chi connectivity index (χ4n) is 3.74. The number of hydrogen-bond donors (Lipinski definition) is 3. The molecule has 0 saturated carbocycles. The molecule has 1 fully saturated rings. The summed E-state index contributed by atoms with van der Waals surface area (Å²) in [5, 5.41) is 23.4. The van der Waals surface area contributed by atoms with Crippen LogP contribution in [-0.4, -0.2) is 56.1 Å². The Morgan fingerprint density at radius 1 is 1.07 bits per heavy atom. The number of hydrogen-bond acceptors (Lipinski definition) is 4. The first-order valence-electron chi connectivity index (χ1n) is 9.40. The highest BCUT2D eigenvalue weighted by Gasteiger charge is 2.58. The molecule has 0 unspecified atom stereocenters. The lowest BCUT2D eigenvalue weighted by Gasteiger charge is -2.39. The predicted octanol–water partition coefficient (Wildman–Crippen LogP) is 3.43. The molecule has 1 aliphatic rings. The minimum atomic E-state index is -1.23. The van der Waals surface area contributed by atoms with Gasteiger partial charge >= 0.3 is 18.0 Å². The number of carbonyl (C=O) groups is 3. The Kier molecular flexibility index (Phi) is 5.66. The number of carbonyl (C=O) groups excluding carboxylic acids is 2. The number of rotatable bonds is 5. The van der Waals surface area contributed by atoms with E-state index in [1.165, 1.54) is 11.8 Å². The Morgan fingerprint density at radius 2 is 1.60 bits per heavy atom. The molecule has 158 valence electrons. The van der Waals surface area contributed by atoms with Gasteiger partial charge in [-0.2, -0.15) is 5.06 Å². The second-order valence-electron chi connectivity index (χ2n) is 7.54. The van der Waals surface area contributed by atoms with Gasteiger partial charge < -0.3 is 15.3 Å². The molecule has 30 heavy (non-hydrogen) atoms. The lowest BCUT2D eigenvalue weighted by molar-refractivity contribution is -0.145. The first-order valence-corrected chi connectivity index (χ1v) is 9.40. The highest BCUT2D eigenvalue weighted by Crippen LogP contribution is 2.39. The maximum absolute atomic E-state index is 13.3. The number of carboxylic acids is 1. The number of amides is 4. The summed E-state index contributed by atoms with van der Waals surface area (Å²) < 4.78 is 0. The van der Waals surface area contributed by atoms with Crippen LogP contribution in [0.5, 0.6) is 0 Å². The van der Waals surface area contributed by atoms with Crippen LogP contribution in [0.2, 0.25) is 0 Å². The molecule has 3 rings (SSSR count). The summed E-state index contributed by atoms with van der Waals surface area (Å²) in [6.45, 7) is 4.60. The topological polar surface area (TPSA) is 113 Å². The van der Waals surface area contributed by atoms with E-state index in [1.807, 2.05) is 0 Å². The van der Waals surface area contributed by atoms with E-state index in [1.54, 1.807) is 74.5 Å². The average Bonchev–Trinajstić information content (AvgIpc) is 2.93. The van der Waals surface area contributed by atoms with E-state index in [0.717, 1.165) is 4.90 Å². The number of hydroxylamine groups is 2. The molecule has 0 aromatic heterocycles. The summed E-state index contributed by atoms with van der Waals surface area (Å²) in [5.41, 5.74) is -0.342. The summed E-state index contributed by atoms with van der Waals surface area (Å²) >= 11 is 0. The molecular formula is C21H24N4O5. The second kappa shape index (κ2) is 8.03. The molecule has 0 radical (unpaired) electrons. The van der Waals surface area contributed by atoms with Crippen molar-refractivity contribution in [1.29, 1.82) is 0 Å². The third-order valence-electron chi connectivity index (χ3n) is 5.15. The summed E-state index contributed by atoms with van der Waals surface area (Å²) in [4.78, 5) is 40.1. The van der Waals surface area contributed by atoms with E-state index < -0.39 is 35.8 Å². The fraction of sp³-hybridized carbons (Fsp3) is 0.286. The monoisotopic (exact) mass is 412 g/mol. The maximum atomic E-state index is 13.3. The van der Waals surface area contributed by atoms with E-state index in [0.29, 0.717) is 16.4 Å². The molecule has 9 heteroatoms. The molecule has 1 aliphatic heterocycles. The molecule has 0 aliphatic carbocycles. The number of para-hydroxylation sites is 2. The van der Waals surface area contributed by atoms with Crippen LogP contribution in [-0.2, 0) is 4.79 Å². The number of benzene rings is 2. The standard InChI is InChI=1S/C21H24N4O5/c1-14(17(26)27)24-20(29)23(16-12-8-5-9-13-16)18(21(24,2)3)25(30)19(28)22-15-10-6-4-7-11-15/h4-14,18,30H,1-3H3,(H,22,28)(H,26,27)/t14-,18+/m1/s1. The van der Waals surface area contributed by atoms with E-state index in [4.69, 9.17) is 0 Å². The van der Waals surface area contributed by atoms with Crippen LogP contribution >= 0.6 is 0 Å². The zero-order valence-electron chi connectivity index (χ0n) is 16.9. The van der Waals surface area contributed by atoms with E-state index in [2.05, 4.69) is 5.32 Å². The first kappa shape index (κ1) is 21.1. The van der Waals surface area contributed by atoms with Crippen LogP contribution in [0.4, 0.5) is 21.0 Å². The number of nitrogens with zero attached hydrogens (tertiary/aromatic N) is 3. The highest BCUT2D eigenvalue weighted by molar-refractivity contribution is 5.99. The molecule has 2 aromatic rings. The molecular weight excluding hydrogens is 388 g/mol. The summed E-state index contributed by atoms with van der Waals surface area (Å²) in [7, 11) is 0. The minimum Gasteiger partial charge on any atom is -0.480 e. The molecule has 1 heterocycles. The van der Waals surface area contributed by atoms with Gasteiger partial charge in [0.2, 0.25) is 0 Å². The minimum absolute atomic E-state index is 0.423. The molecule has 4 amide bonds. The van der Waals surface area contributed by atoms with E-state index >= 15 is 0 Å². The molecule has 3 N–H and O–H groups in total. The summed E-state index contributed by atoms with van der Waals surface area (Å²) in [6.07, 6.45) is -1.18. The SMILES string of the molecule is C[C@H](C(=O)O)N1C(=O)N(c2ccccc2)[C@@H](N(O)C(=O)Nc2ccccc2)C1(C)C.